The minimum Gasteiger partial charge on any atom is -0.479 e. The molecular formula is C9H14N2O3. The summed E-state index contributed by atoms with van der Waals surface area (Å²) in [6, 6.07) is 0. The summed E-state index contributed by atoms with van der Waals surface area (Å²) in [4.78, 5) is 14.5. The van der Waals surface area contributed by atoms with Gasteiger partial charge < -0.3 is 14.4 Å². The number of imidazole rings is 1. The topological polar surface area (TPSA) is 64.4 Å². The molecule has 1 N–H and O–H groups in total. The first-order valence-electron chi connectivity index (χ1n) is 4.49. The monoisotopic (exact) mass is 198 g/mol. The molecular weight excluding hydrogens is 184 g/mol. The zero-order valence-corrected chi connectivity index (χ0v) is 8.30. The predicted molar refractivity (Wildman–Crippen MR) is 49.8 cm³/mol. The van der Waals surface area contributed by atoms with Gasteiger partial charge in [-0.1, -0.05) is 0 Å². The van der Waals surface area contributed by atoms with E-state index in [1.807, 2.05) is 17.7 Å². The third-order valence-electron chi connectivity index (χ3n) is 1.95. The van der Waals surface area contributed by atoms with E-state index in [1.165, 1.54) is 6.92 Å². The van der Waals surface area contributed by atoms with Gasteiger partial charge in [0.05, 0.1) is 0 Å². The molecule has 0 aromatic carbocycles. The van der Waals surface area contributed by atoms with Gasteiger partial charge in [-0.3, -0.25) is 0 Å². The van der Waals surface area contributed by atoms with Gasteiger partial charge in [0.25, 0.3) is 0 Å². The van der Waals surface area contributed by atoms with E-state index in [0.29, 0.717) is 0 Å². The lowest BCUT2D eigenvalue weighted by Crippen LogP contribution is -2.20. The van der Waals surface area contributed by atoms with Gasteiger partial charge in [0, 0.05) is 18.9 Å². The first kappa shape index (κ1) is 10.7. The lowest BCUT2D eigenvalue weighted by Gasteiger charge is -2.08. The fourth-order valence-electron chi connectivity index (χ4n) is 1.04. The highest BCUT2D eigenvalue weighted by Crippen LogP contribution is 2.02. The highest BCUT2D eigenvalue weighted by molar-refractivity contribution is 5.71. The number of carboxylic acid groups (broad SMARTS) is 1. The van der Waals surface area contributed by atoms with Crippen LogP contribution in [0, 0.1) is 0 Å². The van der Waals surface area contributed by atoms with Gasteiger partial charge in [-0.05, 0) is 13.8 Å². The SMILES string of the molecule is CCn1ccnc1COC(C)C(=O)O. The molecule has 5 heteroatoms. The number of aromatic nitrogens is 2. The van der Waals surface area contributed by atoms with Gasteiger partial charge in [0.2, 0.25) is 0 Å². The van der Waals surface area contributed by atoms with Crippen molar-refractivity contribution in [1.82, 2.24) is 9.55 Å². The Morgan fingerprint density at radius 1 is 1.79 bits per heavy atom. The molecule has 0 spiro atoms. The van der Waals surface area contributed by atoms with Crippen LogP contribution in [0.3, 0.4) is 0 Å². The Morgan fingerprint density at radius 2 is 2.50 bits per heavy atom. The summed E-state index contributed by atoms with van der Waals surface area (Å²) in [6.07, 6.45) is 2.72. The second kappa shape index (κ2) is 4.76. The first-order valence-corrected chi connectivity index (χ1v) is 4.49. The van der Waals surface area contributed by atoms with E-state index in [2.05, 4.69) is 4.98 Å². The Morgan fingerprint density at radius 3 is 3.07 bits per heavy atom. The van der Waals surface area contributed by atoms with Crippen molar-refractivity contribution < 1.29 is 14.6 Å². The van der Waals surface area contributed by atoms with E-state index < -0.39 is 12.1 Å². The molecule has 0 radical (unpaired) electrons. The number of nitrogens with zero attached hydrogens (tertiary/aromatic N) is 2. The molecule has 1 aromatic heterocycles. The minimum atomic E-state index is -0.959. The van der Waals surface area contributed by atoms with Crippen molar-refractivity contribution in [3.05, 3.63) is 18.2 Å². The lowest BCUT2D eigenvalue weighted by atomic mass is 10.4. The van der Waals surface area contributed by atoms with Gasteiger partial charge in [-0.15, -0.1) is 0 Å². The van der Waals surface area contributed by atoms with Gasteiger partial charge >= 0.3 is 5.97 Å². The van der Waals surface area contributed by atoms with E-state index >= 15 is 0 Å². The van der Waals surface area contributed by atoms with E-state index in [0.717, 1.165) is 12.4 Å². The number of rotatable bonds is 5. The van der Waals surface area contributed by atoms with Crippen molar-refractivity contribution in [3.8, 4) is 0 Å². The summed E-state index contributed by atoms with van der Waals surface area (Å²) in [5.41, 5.74) is 0. The summed E-state index contributed by atoms with van der Waals surface area (Å²) in [7, 11) is 0. The van der Waals surface area contributed by atoms with E-state index in [4.69, 9.17) is 9.84 Å². The molecule has 1 aromatic rings. The Bertz CT molecular complexity index is 309. The maximum atomic E-state index is 10.5. The molecule has 14 heavy (non-hydrogen) atoms. The van der Waals surface area contributed by atoms with Crippen molar-refractivity contribution in [1.29, 1.82) is 0 Å². The normalized spacial score (nSPS) is 12.7. The molecule has 0 aliphatic heterocycles. The van der Waals surface area contributed by atoms with Crippen molar-refractivity contribution in [3.63, 3.8) is 0 Å². The first-order chi connectivity index (χ1) is 6.65. The Labute approximate surface area is 82.3 Å². The molecule has 1 heterocycles. The molecule has 0 amide bonds. The zero-order chi connectivity index (χ0) is 10.6. The average Bonchev–Trinajstić information content (AvgIpc) is 2.60. The van der Waals surface area contributed by atoms with Crippen molar-refractivity contribution in [2.45, 2.75) is 33.1 Å². The third-order valence-corrected chi connectivity index (χ3v) is 1.95. The Hall–Kier alpha value is -1.36. The zero-order valence-electron chi connectivity index (χ0n) is 8.30. The smallest absolute Gasteiger partial charge is 0.332 e. The van der Waals surface area contributed by atoms with Crippen LogP contribution in [-0.2, 0) is 22.7 Å². The highest BCUT2D eigenvalue weighted by Gasteiger charge is 2.12. The number of hydrogen-bond acceptors (Lipinski definition) is 3. The summed E-state index contributed by atoms with van der Waals surface area (Å²) < 4.78 is 7.02. The number of carboxylic acids is 1. The number of carbonyl (C=O) groups is 1. The van der Waals surface area contributed by atoms with Gasteiger partial charge in [0.15, 0.2) is 6.10 Å². The van der Waals surface area contributed by atoms with E-state index in [9.17, 15) is 4.79 Å². The molecule has 5 nitrogen and oxygen atoms in total. The van der Waals surface area contributed by atoms with Crippen LogP contribution in [0.4, 0.5) is 0 Å². The number of aliphatic carboxylic acids is 1. The summed E-state index contributed by atoms with van der Waals surface area (Å²) in [6.45, 7) is 4.53. The van der Waals surface area contributed by atoms with Gasteiger partial charge in [-0.2, -0.15) is 0 Å². The van der Waals surface area contributed by atoms with E-state index in [-0.39, 0.29) is 6.61 Å². The van der Waals surface area contributed by atoms with Crippen LogP contribution in [0.25, 0.3) is 0 Å². The summed E-state index contributed by atoms with van der Waals surface area (Å²) in [5.74, 6) is -0.208. The molecule has 1 rings (SSSR count). The summed E-state index contributed by atoms with van der Waals surface area (Å²) >= 11 is 0. The second-order valence-corrected chi connectivity index (χ2v) is 2.92. The molecule has 0 saturated carbocycles. The highest BCUT2D eigenvalue weighted by atomic mass is 16.5. The van der Waals surface area contributed by atoms with Crippen LogP contribution >= 0.6 is 0 Å². The van der Waals surface area contributed by atoms with Gasteiger partial charge in [-0.25, -0.2) is 9.78 Å². The third kappa shape index (κ3) is 2.56. The molecule has 78 valence electrons. The Balaban J connectivity index is 2.49. The second-order valence-electron chi connectivity index (χ2n) is 2.92. The predicted octanol–water partition coefficient (Wildman–Crippen LogP) is 0.893. The molecule has 0 fully saturated rings. The maximum absolute atomic E-state index is 10.5. The molecule has 1 atom stereocenters. The fourth-order valence-corrected chi connectivity index (χ4v) is 1.04. The number of hydrogen-bond donors (Lipinski definition) is 1. The van der Waals surface area contributed by atoms with Crippen LogP contribution in [-0.4, -0.2) is 26.7 Å². The molecule has 0 bridgehead atoms. The molecule has 0 saturated heterocycles. The Kier molecular flexibility index (Phi) is 3.64. The number of ether oxygens (including phenoxy) is 1. The fraction of sp³-hybridized carbons (Fsp3) is 0.556. The van der Waals surface area contributed by atoms with Crippen LogP contribution in [0.5, 0.6) is 0 Å². The molecule has 0 aliphatic carbocycles. The van der Waals surface area contributed by atoms with Gasteiger partial charge in [0.1, 0.15) is 12.4 Å². The average molecular weight is 198 g/mol. The van der Waals surface area contributed by atoms with Crippen LogP contribution < -0.4 is 0 Å². The van der Waals surface area contributed by atoms with Crippen molar-refractivity contribution >= 4 is 5.97 Å². The standard InChI is InChI=1S/C9H14N2O3/c1-3-11-5-4-10-8(11)6-14-7(2)9(12)13/h4-5,7H,3,6H2,1-2H3,(H,12,13). The van der Waals surface area contributed by atoms with Crippen molar-refractivity contribution in [2.24, 2.45) is 0 Å². The summed E-state index contributed by atoms with van der Waals surface area (Å²) in [5, 5.41) is 8.58. The minimum absolute atomic E-state index is 0.230. The van der Waals surface area contributed by atoms with Crippen LogP contribution in [0.2, 0.25) is 0 Å². The van der Waals surface area contributed by atoms with Crippen molar-refractivity contribution in [2.75, 3.05) is 0 Å². The quantitative estimate of drug-likeness (QED) is 0.763. The largest absolute Gasteiger partial charge is 0.479 e. The van der Waals surface area contributed by atoms with E-state index in [1.54, 1.807) is 6.20 Å². The molecule has 0 aliphatic rings. The molecule has 1 unspecified atom stereocenters. The maximum Gasteiger partial charge on any atom is 0.332 e. The van der Waals surface area contributed by atoms with Crippen LogP contribution in [0.1, 0.15) is 19.7 Å². The lowest BCUT2D eigenvalue weighted by molar-refractivity contribution is -0.150. The number of aryl methyl sites for hydroxylation is 1. The van der Waals surface area contributed by atoms with Crippen LogP contribution in [0.15, 0.2) is 12.4 Å².